The van der Waals surface area contributed by atoms with Gasteiger partial charge < -0.3 is 5.32 Å². The van der Waals surface area contributed by atoms with Crippen molar-refractivity contribution < 1.29 is 9.59 Å². The van der Waals surface area contributed by atoms with E-state index in [2.05, 4.69) is 19.2 Å². The molecule has 0 aromatic heterocycles. The van der Waals surface area contributed by atoms with Crippen LogP contribution in [0.4, 0.5) is 5.69 Å². The van der Waals surface area contributed by atoms with Crippen molar-refractivity contribution in [1.82, 2.24) is 0 Å². The minimum Gasteiger partial charge on any atom is -0.325 e. The lowest BCUT2D eigenvalue weighted by molar-refractivity contribution is -0.126. The summed E-state index contributed by atoms with van der Waals surface area (Å²) in [4.78, 5) is 26.0. The molecule has 0 unspecified atom stereocenters. The number of para-hydroxylation sites is 1. The number of hydrogen-bond donors (Lipinski definition) is 1. The van der Waals surface area contributed by atoms with Gasteiger partial charge in [-0.05, 0) is 43.2 Å². The van der Waals surface area contributed by atoms with E-state index in [-0.39, 0.29) is 16.4 Å². The molecule has 27 heavy (non-hydrogen) atoms. The number of nitrogens with one attached hydrogen (secondary N) is 1. The number of carbonyl (C=O) groups excluding carboxylic acids is 2. The van der Waals surface area contributed by atoms with E-state index in [9.17, 15) is 9.59 Å². The molecule has 4 heteroatoms. The number of carbonyl (C=O) groups is 2. The van der Waals surface area contributed by atoms with Crippen LogP contribution in [0.1, 0.15) is 90.9 Å². The average molecular weight is 390 g/mol. The van der Waals surface area contributed by atoms with Crippen molar-refractivity contribution in [3.8, 4) is 0 Å². The van der Waals surface area contributed by atoms with Gasteiger partial charge in [-0.25, -0.2) is 0 Å². The summed E-state index contributed by atoms with van der Waals surface area (Å²) in [7, 11) is 0. The highest BCUT2D eigenvalue weighted by molar-refractivity contribution is 8.13. The van der Waals surface area contributed by atoms with Crippen LogP contribution in [-0.4, -0.2) is 11.0 Å². The first-order valence-corrected chi connectivity index (χ1v) is 11.5. The van der Waals surface area contributed by atoms with Gasteiger partial charge in [0.1, 0.15) is 0 Å². The Kier molecular flexibility index (Phi) is 9.40. The molecule has 0 saturated heterocycles. The van der Waals surface area contributed by atoms with Crippen LogP contribution in [0.2, 0.25) is 0 Å². The highest BCUT2D eigenvalue weighted by Crippen LogP contribution is 2.38. The molecule has 0 bridgehead atoms. The molecule has 0 atom stereocenters. The Bertz CT molecular complexity index is 608. The third-order valence-electron chi connectivity index (χ3n) is 5.60. The van der Waals surface area contributed by atoms with Gasteiger partial charge in [0.25, 0.3) is 0 Å². The largest absolute Gasteiger partial charge is 0.325 e. The molecule has 150 valence electrons. The van der Waals surface area contributed by atoms with Crippen molar-refractivity contribution in [3.05, 3.63) is 24.3 Å². The van der Waals surface area contributed by atoms with Crippen LogP contribution < -0.4 is 5.32 Å². The van der Waals surface area contributed by atoms with E-state index in [1.165, 1.54) is 43.9 Å². The molecule has 1 aromatic rings. The van der Waals surface area contributed by atoms with Crippen molar-refractivity contribution in [2.45, 2.75) is 95.8 Å². The Morgan fingerprint density at radius 3 is 2.41 bits per heavy atom. The van der Waals surface area contributed by atoms with Gasteiger partial charge in [-0.3, -0.25) is 9.59 Å². The molecule has 0 heterocycles. The van der Waals surface area contributed by atoms with Gasteiger partial charge in [0.15, 0.2) is 5.12 Å². The lowest BCUT2D eigenvalue weighted by Crippen LogP contribution is -2.35. The highest BCUT2D eigenvalue weighted by Gasteiger charge is 2.34. The van der Waals surface area contributed by atoms with E-state index >= 15 is 0 Å². The summed E-state index contributed by atoms with van der Waals surface area (Å²) in [5.74, 6) is 0.0959. The molecule has 0 spiro atoms. The van der Waals surface area contributed by atoms with Gasteiger partial charge >= 0.3 is 0 Å². The monoisotopic (exact) mass is 389 g/mol. The third-order valence-corrected chi connectivity index (χ3v) is 6.61. The zero-order valence-corrected chi connectivity index (χ0v) is 17.8. The number of hydrogen-bond acceptors (Lipinski definition) is 3. The highest BCUT2D eigenvalue weighted by atomic mass is 32.2. The first-order valence-electron chi connectivity index (χ1n) is 10.7. The van der Waals surface area contributed by atoms with Crippen molar-refractivity contribution >= 4 is 28.5 Å². The van der Waals surface area contributed by atoms with Crippen LogP contribution in [0.5, 0.6) is 0 Å². The van der Waals surface area contributed by atoms with E-state index in [0.29, 0.717) is 6.42 Å². The van der Waals surface area contributed by atoms with Crippen molar-refractivity contribution in [2.24, 2.45) is 5.41 Å². The number of unbranched alkanes of at least 4 members (excludes halogenated alkanes) is 5. The molecule has 1 amide bonds. The summed E-state index contributed by atoms with van der Waals surface area (Å²) < 4.78 is 0. The first kappa shape index (κ1) is 22.0. The fraction of sp³-hybridized carbons (Fsp3) is 0.652. The van der Waals surface area contributed by atoms with E-state index in [1.54, 1.807) is 0 Å². The topological polar surface area (TPSA) is 46.2 Å². The molecule has 1 saturated carbocycles. The normalized spacial score (nSPS) is 16.1. The Morgan fingerprint density at radius 1 is 1.00 bits per heavy atom. The molecule has 1 N–H and O–H groups in total. The Morgan fingerprint density at radius 2 is 1.67 bits per heavy atom. The lowest BCUT2D eigenvalue weighted by atomic mass is 9.75. The summed E-state index contributed by atoms with van der Waals surface area (Å²) in [6.07, 6.45) is 13.1. The Labute approximate surface area is 169 Å². The molecule has 0 radical (unpaired) electrons. The van der Waals surface area contributed by atoms with Gasteiger partial charge in [0.05, 0.1) is 5.69 Å². The van der Waals surface area contributed by atoms with E-state index in [4.69, 9.17) is 0 Å². The number of benzene rings is 1. The fourth-order valence-corrected chi connectivity index (χ4v) is 4.58. The lowest BCUT2D eigenvalue weighted by Gasteiger charge is -2.32. The van der Waals surface area contributed by atoms with Gasteiger partial charge in [0.2, 0.25) is 5.91 Å². The summed E-state index contributed by atoms with van der Waals surface area (Å²) in [6.45, 7) is 4.28. The summed E-state index contributed by atoms with van der Waals surface area (Å²) in [5, 5.41) is 3.30. The Hall–Kier alpha value is -1.29. The number of rotatable bonds is 10. The predicted molar refractivity (Wildman–Crippen MR) is 115 cm³/mol. The molecular weight excluding hydrogens is 354 g/mol. The van der Waals surface area contributed by atoms with E-state index in [1.807, 2.05) is 24.3 Å². The van der Waals surface area contributed by atoms with Gasteiger partial charge in [-0.1, -0.05) is 77.3 Å². The summed E-state index contributed by atoms with van der Waals surface area (Å²) in [6, 6.07) is 7.69. The van der Waals surface area contributed by atoms with Crippen LogP contribution in [0, 0.1) is 5.41 Å². The maximum absolute atomic E-state index is 12.8. The third kappa shape index (κ3) is 7.33. The van der Waals surface area contributed by atoms with E-state index < -0.39 is 0 Å². The van der Waals surface area contributed by atoms with Crippen molar-refractivity contribution in [3.63, 3.8) is 0 Å². The van der Waals surface area contributed by atoms with Crippen LogP contribution in [0.25, 0.3) is 0 Å². The number of thioether (sulfide) groups is 1. The second-order valence-corrected chi connectivity index (χ2v) is 9.16. The molecular formula is C23H35NO2S. The quantitative estimate of drug-likeness (QED) is 0.347. The molecule has 1 aliphatic carbocycles. The second-order valence-electron chi connectivity index (χ2n) is 8.06. The summed E-state index contributed by atoms with van der Waals surface area (Å²) in [5.41, 5.74) is 0.494. The molecule has 3 nitrogen and oxygen atoms in total. The minimum absolute atomic E-state index is 0.0959. The fourth-order valence-electron chi connectivity index (χ4n) is 3.71. The van der Waals surface area contributed by atoms with Crippen molar-refractivity contribution in [1.29, 1.82) is 0 Å². The van der Waals surface area contributed by atoms with Crippen molar-refractivity contribution in [2.75, 3.05) is 5.32 Å². The number of anilines is 1. The summed E-state index contributed by atoms with van der Waals surface area (Å²) >= 11 is 1.27. The van der Waals surface area contributed by atoms with E-state index in [0.717, 1.165) is 49.1 Å². The Balaban J connectivity index is 1.85. The van der Waals surface area contributed by atoms with Crippen LogP contribution in [0.15, 0.2) is 29.2 Å². The first-order chi connectivity index (χ1) is 13.0. The predicted octanol–water partition coefficient (Wildman–Crippen LogP) is 6.96. The smallest absolute Gasteiger partial charge is 0.230 e. The second kappa shape index (κ2) is 11.5. The van der Waals surface area contributed by atoms with Gasteiger partial charge in [-0.2, -0.15) is 0 Å². The zero-order chi connectivity index (χ0) is 19.5. The average Bonchev–Trinajstić information content (AvgIpc) is 2.66. The standard InChI is InChI=1S/C23H35NO2S/c1-3-4-5-6-7-9-16-21(25)27-20-15-11-10-14-19(20)24-22(26)23(2)17-12-8-13-18-23/h10-11,14-15H,3-9,12-13,16-18H2,1-2H3,(H,24,26). The molecule has 1 fully saturated rings. The van der Waals surface area contributed by atoms with Crippen LogP contribution in [0.3, 0.4) is 0 Å². The zero-order valence-electron chi connectivity index (χ0n) is 17.0. The maximum Gasteiger partial charge on any atom is 0.230 e. The van der Waals surface area contributed by atoms with Gasteiger partial charge in [-0.15, -0.1) is 0 Å². The minimum atomic E-state index is -0.279. The van der Waals surface area contributed by atoms with Gasteiger partial charge in [0, 0.05) is 16.7 Å². The van der Waals surface area contributed by atoms with Crippen LogP contribution in [-0.2, 0) is 9.59 Å². The molecule has 1 aromatic carbocycles. The molecule has 1 aliphatic rings. The number of amides is 1. The molecule has 0 aliphatic heterocycles. The SMILES string of the molecule is CCCCCCCCC(=O)Sc1ccccc1NC(=O)C1(C)CCCCC1. The van der Waals surface area contributed by atoms with Crippen LogP contribution >= 0.6 is 11.8 Å². The maximum atomic E-state index is 12.8. The molecule has 2 rings (SSSR count).